The molecule has 8 heteroatoms. The highest BCUT2D eigenvalue weighted by atomic mass is 16.5. The Morgan fingerprint density at radius 3 is 2.95 bits per heavy atom. The molecule has 0 spiro atoms. The minimum atomic E-state index is -0.787. The van der Waals surface area contributed by atoms with Crippen LogP contribution in [0.1, 0.15) is 36.8 Å². The number of carbonyl (C=O) groups excluding carboxylic acids is 3. The molecular weight excluding hydrogens is 276 g/mol. The van der Waals surface area contributed by atoms with Gasteiger partial charge in [0.15, 0.2) is 0 Å². The molecule has 2 fully saturated rings. The second kappa shape index (κ2) is 5.19. The van der Waals surface area contributed by atoms with Crippen molar-refractivity contribution in [3.05, 3.63) is 17.5 Å². The standard InChI is InChI=1S/C13H16N4O4/c1-7-5-8(16-21-7)10-3-2-4-17(10)11(18)6-9-12(19)15-13(20)14-9/h5,9-10H,2-4,6H2,1H3,(H2,14,15,19,20). The van der Waals surface area contributed by atoms with Gasteiger partial charge >= 0.3 is 6.03 Å². The Hall–Kier alpha value is -2.38. The zero-order valence-corrected chi connectivity index (χ0v) is 11.6. The molecule has 0 aliphatic carbocycles. The number of carbonyl (C=O) groups is 3. The Morgan fingerprint density at radius 2 is 2.33 bits per heavy atom. The summed E-state index contributed by atoms with van der Waals surface area (Å²) in [5, 5.41) is 8.53. The molecule has 3 heterocycles. The summed E-state index contributed by atoms with van der Waals surface area (Å²) in [6.45, 7) is 2.42. The van der Waals surface area contributed by atoms with Crippen LogP contribution in [0, 0.1) is 6.92 Å². The van der Waals surface area contributed by atoms with E-state index in [0.29, 0.717) is 12.3 Å². The fourth-order valence-corrected chi connectivity index (χ4v) is 2.81. The molecule has 112 valence electrons. The summed E-state index contributed by atoms with van der Waals surface area (Å²) in [6, 6.07) is 0.364. The number of nitrogens with one attached hydrogen (secondary N) is 2. The fourth-order valence-electron chi connectivity index (χ4n) is 2.81. The number of aromatic nitrogens is 1. The number of nitrogens with zero attached hydrogens (tertiary/aromatic N) is 2. The van der Waals surface area contributed by atoms with Crippen molar-refractivity contribution in [3.63, 3.8) is 0 Å². The number of imide groups is 1. The average molecular weight is 292 g/mol. The number of likely N-dealkylation sites (tertiary alicyclic amines) is 1. The van der Waals surface area contributed by atoms with Crippen molar-refractivity contribution in [1.29, 1.82) is 0 Å². The van der Waals surface area contributed by atoms with Gasteiger partial charge in [0.05, 0.1) is 12.5 Å². The van der Waals surface area contributed by atoms with Gasteiger partial charge in [0.25, 0.3) is 5.91 Å². The van der Waals surface area contributed by atoms with Crippen LogP contribution in [0.5, 0.6) is 0 Å². The van der Waals surface area contributed by atoms with E-state index in [-0.39, 0.29) is 18.4 Å². The summed E-state index contributed by atoms with van der Waals surface area (Å²) >= 11 is 0. The fraction of sp³-hybridized carbons (Fsp3) is 0.538. The topological polar surface area (TPSA) is 105 Å². The molecule has 2 N–H and O–H groups in total. The second-order valence-electron chi connectivity index (χ2n) is 5.33. The summed E-state index contributed by atoms with van der Waals surface area (Å²) in [5.41, 5.74) is 0.734. The maximum absolute atomic E-state index is 12.4. The third kappa shape index (κ3) is 2.61. The van der Waals surface area contributed by atoms with Gasteiger partial charge in [-0.2, -0.15) is 0 Å². The lowest BCUT2D eigenvalue weighted by Crippen LogP contribution is -2.38. The summed E-state index contributed by atoms with van der Waals surface area (Å²) < 4.78 is 5.06. The van der Waals surface area contributed by atoms with Crippen molar-refractivity contribution in [1.82, 2.24) is 20.7 Å². The van der Waals surface area contributed by atoms with E-state index in [9.17, 15) is 14.4 Å². The molecular formula is C13H16N4O4. The van der Waals surface area contributed by atoms with Crippen molar-refractivity contribution in [2.45, 2.75) is 38.3 Å². The molecule has 0 radical (unpaired) electrons. The predicted octanol–water partition coefficient (Wildman–Crippen LogP) is 0.245. The molecule has 1 aromatic heterocycles. The van der Waals surface area contributed by atoms with Crippen LogP contribution in [0.25, 0.3) is 0 Å². The van der Waals surface area contributed by atoms with Crippen LogP contribution in [0.2, 0.25) is 0 Å². The van der Waals surface area contributed by atoms with Crippen molar-refractivity contribution < 1.29 is 18.9 Å². The SMILES string of the molecule is Cc1cc(C2CCCN2C(=O)CC2NC(=O)NC2=O)no1. The van der Waals surface area contributed by atoms with Crippen molar-refractivity contribution >= 4 is 17.8 Å². The molecule has 0 bridgehead atoms. The number of hydrogen-bond acceptors (Lipinski definition) is 5. The van der Waals surface area contributed by atoms with Gasteiger partial charge in [0.1, 0.15) is 17.5 Å². The zero-order valence-electron chi connectivity index (χ0n) is 11.6. The number of urea groups is 1. The Bertz CT molecular complexity index is 597. The molecule has 4 amide bonds. The minimum absolute atomic E-state index is 0.0368. The largest absolute Gasteiger partial charge is 0.361 e. The Kier molecular flexibility index (Phi) is 3.36. The molecule has 0 saturated carbocycles. The van der Waals surface area contributed by atoms with Gasteiger partial charge in [-0.3, -0.25) is 14.9 Å². The summed E-state index contributed by atoms with van der Waals surface area (Å²) in [6.07, 6.45) is 1.66. The van der Waals surface area contributed by atoms with Crippen LogP contribution >= 0.6 is 0 Å². The first-order valence-electron chi connectivity index (χ1n) is 6.88. The number of rotatable bonds is 3. The van der Waals surface area contributed by atoms with Crippen LogP contribution in [-0.2, 0) is 9.59 Å². The first-order chi connectivity index (χ1) is 10.0. The van der Waals surface area contributed by atoms with Crippen LogP contribution < -0.4 is 10.6 Å². The van der Waals surface area contributed by atoms with Crippen LogP contribution in [-0.4, -0.2) is 40.5 Å². The Morgan fingerprint density at radius 1 is 1.52 bits per heavy atom. The van der Waals surface area contributed by atoms with Gasteiger partial charge in [-0.1, -0.05) is 5.16 Å². The molecule has 21 heavy (non-hydrogen) atoms. The van der Waals surface area contributed by atoms with Crippen molar-refractivity contribution in [3.8, 4) is 0 Å². The molecule has 2 unspecified atom stereocenters. The van der Waals surface area contributed by atoms with Crippen LogP contribution in [0.4, 0.5) is 4.79 Å². The highest BCUT2D eigenvalue weighted by molar-refractivity contribution is 6.05. The third-order valence-electron chi connectivity index (χ3n) is 3.80. The van der Waals surface area contributed by atoms with Crippen molar-refractivity contribution in [2.75, 3.05) is 6.54 Å². The highest BCUT2D eigenvalue weighted by Gasteiger charge is 2.37. The first-order valence-corrected chi connectivity index (χ1v) is 6.88. The van der Waals surface area contributed by atoms with Gasteiger partial charge in [0, 0.05) is 12.6 Å². The van der Waals surface area contributed by atoms with E-state index < -0.39 is 18.0 Å². The molecule has 2 aliphatic rings. The van der Waals surface area contributed by atoms with Gasteiger partial charge < -0.3 is 14.7 Å². The molecule has 2 saturated heterocycles. The number of hydrogen-bond donors (Lipinski definition) is 2. The van der Waals surface area contributed by atoms with Crippen molar-refractivity contribution in [2.24, 2.45) is 0 Å². The second-order valence-corrected chi connectivity index (χ2v) is 5.33. The minimum Gasteiger partial charge on any atom is -0.361 e. The predicted molar refractivity (Wildman–Crippen MR) is 70.0 cm³/mol. The maximum Gasteiger partial charge on any atom is 0.322 e. The monoisotopic (exact) mass is 292 g/mol. The zero-order chi connectivity index (χ0) is 15.0. The van der Waals surface area contributed by atoms with Gasteiger partial charge in [-0.15, -0.1) is 0 Å². The van der Waals surface area contributed by atoms with Gasteiger partial charge in [0.2, 0.25) is 5.91 Å². The molecule has 0 aromatic carbocycles. The quantitative estimate of drug-likeness (QED) is 0.777. The number of aryl methyl sites for hydroxylation is 1. The van der Waals surface area contributed by atoms with Crippen LogP contribution in [0.15, 0.2) is 10.6 Å². The van der Waals surface area contributed by atoms with Crippen LogP contribution in [0.3, 0.4) is 0 Å². The lowest BCUT2D eigenvalue weighted by molar-refractivity contribution is -0.134. The lowest BCUT2D eigenvalue weighted by Gasteiger charge is -2.23. The first kappa shape index (κ1) is 13.6. The maximum atomic E-state index is 12.4. The molecule has 8 nitrogen and oxygen atoms in total. The summed E-state index contributed by atoms with van der Waals surface area (Å²) in [4.78, 5) is 36.6. The van der Waals surface area contributed by atoms with E-state index in [1.54, 1.807) is 11.8 Å². The van der Waals surface area contributed by atoms with E-state index in [4.69, 9.17) is 4.52 Å². The van der Waals surface area contributed by atoms with E-state index in [1.165, 1.54) is 0 Å². The lowest BCUT2D eigenvalue weighted by atomic mass is 10.1. The normalized spacial score (nSPS) is 25.1. The van der Waals surface area contributed by atoms with E-state index >= 15 is 0 Å². The summed E-state index contributed by atoms with van der Waals surface area (Å²) in [5.74, 6) is 0.0774. The molecule has 2 aliphatic heterocycles. The molecule has 3 rings (SSSR count). The van der Waals surface area contributed by atoms with E-state index in [1.807, 2.05) is 6.07 Å². The Labute approximate surface area is 120 Å². The molecule has 1 aromatic rings. The highest BCUT2D eigenvalue weighted by Crippen LogP contribution is 2.32. The molecule has 2 atom stereocenters. The smallest absolute Gasteiger partial charge is 0.322 e. The third-order valence-corrected chi connectivity index (χ3v) is 3.80. The van der Waals surface area contributed by atoms with E-state index in [0.717, 1.165) is 18.5 Å². The number of amides is 4. The average Bonchev–Trinajstić information content (AvgIpc) is 3.10. The summed E-state index contributed by atoms with van der Waals surface area (Å²) in [7, 11) is 0. The van der Waals surface area contributed by atoms with Gasteiger partial charge in [-0.25, -0.2) is 4.79 Å². The Balaban J connectivity index is 1.69. The van der Waals surface area contributed by atoms with Gasteiger partial charge in [-0.05, 0) is 19.8 Å². The van der Waals surface area contributed by atoms with E-state index in [2.05, 4.69) is 15.8 Å².